The van der Waals surface area contributed by atoms with Gasteiger partial charge in [-0.25, -0.2) is 0 Å². The molecular formula is C18H15Cl2NO. The van der Waals surface area contributed by atoms with Gasteiger partial charge in [-0.1, -0.05) is 46.8 Å². The van der Waals surface area contributed by atoms with Crippen molar-refractivity contribution in [3.63, 3.8) is 0 Å². The number of hydrogen-bond acceptors (Lipinski definition) is 2. The van der Waals surface area contributed by atoms with Crippen LogP contribution in [0.2, 0.25) is 10.0 Å². The molecule has 2 aromatic carbocycles. The topological polar surface area (TPSA) is 21.6 Å². The first kappa shape index (κ1) is 16.4. The van der Waals surface area contributed by atoms with Crippen molar-refractivity contribution < 1.29 is 4.74 Å². The molecule has 0 saturated carbocycles. The molecule has 0 radical (unpaired) electrons. The van der Waals surface area contributed by atoms with Gasteiger partial charge < -0.3 is 4.74 Å². The second-order valence-electron chi connectivity index (χ2n) is 4.85. The molecule has 0 N–H and O–H groups in total. The van der Waals surface area contributed by atoms with E-state index < -0.39 is 0 Å². The van der Waals surface area contributed by atoms with E-state index in [9.17, 15) is 0 Å². The molecule has 0 fully saturated rings. The standard InChI is InChI=1S/C18H15Cl2NO/c1-4-7-22-18-15(19)9-14(10-16(18)20)11-21-17-6-5-12(2)8-13(17)3/h1,5-6,8-11H,7H2,2-3H3. The van der Waals surface area contributed by atoms with Crippen molar-refractivity contribution in [2.45, 2.75) is 13.8 Å². The number of rotatable bonds is 4. The van der Waals surface area contributed by atoms with Gasteiger partial charge in [-0.05, 0) is 43.2 Å². The number of ether oxygens (including phenoxy) is 1. The highest BCUT2D eigenvalue weighted by molar-refractivity contribution is 6.37. The molecule has 2 nitrogen and oxygen atoms in total. The van der Waals surface area contributed by atoms with E-state index in [0.29, 0.717) is 15.8 Å². The first-order valence-electron chi connectivity index (χ1n) is 6.68. The molecule has 2 rings (SSSR count). The second kappa shape index (κ2) is 7.35. The van der Waals surface area contributed by atoms with Gasteiger partial charge in [0.2, 0.25) is 0 Å². The highest BCUT2D eigenvalue weighted by atomic mass is 35.5. The van der Waals surface area contributed by atoms with E-state index in [0.717, 1.165) is 16.8 Å². The molecular weight excluding hydrogens is 317 g/mol. The van der Waals surface area contributed by atoms with Crippen molar-refractivity contribution in [1.29, 1.82) is 0 Å². The third-order valence-corrected chi connectivity index (χ3v) is 3.59. The Kier molecular flexibility index (Phi) is 5.49. The van der Waals surface area contributed by atoms with Gasteiger partial charge in [0, 0.05) is 6.21 Å². The maximum Gasteiger partial charge on any atom is 0.157 e. The molecule has 0 unspecified atom stereocenters. The van der Waals surface area contributed by atoms with Crippen LogP contribution in [0.4, 0.5) is 5.69 Å². The number of benzene rings is 2. The zero-order valence-electron chi connectivity index (χ0n) is 12.4. The van der Waals surface area contributed by atoms with Crippen molar-refractivity contribution in [2.24, 2.45) is 4.99 Å². The first-order chi connectivity index (χ1) is 10.5. The number of nitrogens with zero attached hydrogens (tertiary/aromatic N) is 1. The van der Waals surface area contributed by atoms with Crippen LogP contribution >= 0.6 is 23.2 Å². The summed E-state index contributed by atoms with van der Waals surface area (Å²) >= 11 is 12.3. The number of aryl methyl sites for hydroxylation is 2. The van der Waals surface area contributed by atoms with Crippen LogP contribution in [0.3, 0.4) is 0 Å². The Bertz CT molecular complexity index is 737. The van der Waals surface area contributed by atoms with Crippen LogP contribution in [-0.4, -0.2) is 12.8 Å². The van der Waals surface area contributed by atoms with Gasteiger partial charge in [0.1, 0.15) is 6.61 Å². The van der Waals surface area contributed by atoms with E-state index in [1.165, 1.54) is 5.56 Å². The van der Waals surface area contributed by atoms with Crippen LogP contribution in [0.1, 0.15) is 16.7 Å². The third-order valence-electron chi connectivity index (χ3n) is 3.03. The molecule has 0 heterocycles. The van der Waals surface area contributed by atoms with Gasteiger partial charge in [0.05, 0.1) is 15.7 Å². The Labute approximate surface area is 140 Å². The molecule has 0 spiro atoms. The third kappa shape index (κ3) is 4.04. The molecule has 0 aliphatic carbocycles. The Morgan fingerprint density at radius 3 is 2.45 bits per heavy atom. The Balaban J connectivity index is 2.27. The smallest absolute Gasteiger partial charge is 0.157 e. The van der Waals surface area contributed by atoms with Crippen LogP contribution in [-0.2, 0) is 0 Å². The maximum absolute atomic E-state index is 6.16. The Hall–Kier alpha value is -1.95. The highest BCUT2D eigenvalue weighted by Gasteiger charge is 2.08. The highest BCUT2D eigenvalue weighted by Crippen LogP contribution is 2.34. The van der Waals surface area contributed by atoms with Gasteiger partial charge in [-0.15, -0.1) is 6.42 Å². The summed E-state index contributed by atoms with van der Waals surface area (Å²) in [5.74, 6) is 2.77. The quantitative estimate of drug-likeness (QED) is 0.545. The average molecular weight is 332 g/mol. The number of aliphatic imine (C=N–C) groups is 1. The van der Waals surface area contributed by atoms with E-state index in [4.69, 9.17) is 34.4 Å². The predicted molar refractivity (Wildman–Crippen MR) is 94.0 cm³/mol. The summed E-state index contributed by atoms with van der Waals surface area (Å²) in [7, 11) is 0. The molecule has 0 bridgehead atoms. The van der Waals surface area contributed by atoms with Crippen molar-refractivity contribution in [3.8, 4) is 18.1 Å². The molecule has 0 amide bonds. The zero-order valence-corrected chi connectivity index (χ0v) is 13.9. The molecule has 22 heavy (non-hydrogen) atoms. The summed E-state index contributed by atoms with van der Waals surface area (Å²) in [6, 6.07) is 9.58. The van der Waals surface area contributed by atoms with Crippen LogP contribution in [0, 0.1) is 26.2 Å². The van der Waals surface area contributed by atoms with Gasteiger partial charge in [-0.2, -0.15) is 0 Å². The summed E-state index contributed by atoms with van der Waals surface area (Å²) < 4.78 is 5.32. The number of hydrogen-bond donors (Lipinski definition) is 0. The summed E-state index contributed by atoms with van der Waals surface area (Å²) in [5.41, 5.74) is 4.02. The molecule has 0 atom stereocenters. The fraction of sp³-hybridized carbons (Fsp3) is 0.167. The van der Waals surface area contributed by atoms with Gasteiger partial charge in [0.15, 0.2) is 5.75 Å². The van der Waals surface area contributed by atoms with E-state index in [1.54, 1.807) is 18.3 Å². The second-order valence-corrected chi connectivity index (χ2v) is 5.67. The Morgan fingerprint density at radius 1 is 1.18 bits per heavy atom. The van der Waals surface area contributed by atoms with Crippen molar-refractivity contribution >= 4 is 35.1 Å². The molecule has 0 aliphatic heterocycles. The maximum atomic E-state index is 6.16. The lowest BCUT2D eigenvalue weighted by Crippen LogP contribution is -1.96. The fourth-order valence-corrected chi connectivity index (χ4v) is 2.61. The first-order valence-corrected chi connectivity index (χ1v) is 7.43. The average Bonchev–Trinajstić information content (AvgIpc) is 2.45. The van der Waals surface area contributed by atoms with Gasteiger partial charge in [0.25, 0.3) is 0 Å². The van der Waals surface area contributed by atoms with E-state index in [-0.39, 0.29) is 6.61 Å². The predicted octanol–water partition coefficient (Wildman–Crippen LogP) is 5.37. The minimum Gasteiger partial charge on any atom is -0.478 e. The summed E-state index contributed by atoms with van der Waals surface area (Å²) in [6.07, 6.45) is 6.88. The van der Waals surface area contributed by atoms with Gasteiger partial charge in [-0.3, -0.25) is 4.99 Å². The van der Waals surface area contributed by atoms with E-state index in [2.05, 4.69) is 23.9 Å². The van der Waals surface area contributed by atoms with Crippen molar-refractivity contribution in [3.05, 3.63) is 57.1 Å². The number of terminal acetylenes is 1. The van der Waals surface area contributed by atoms with Crippen molar-refractivity contribution in [2.75, 3.05) is 6.61 Å². The lowest BCUT2D eigenvalue weighted by Gasteiger charge is -2.08. The van der Waals surface area contributed by atoms with Crippen LogP contribution in [0.15, 0.2) is 35.3 Å². The fourth-order valence-electron chi connectivity index (χ4n) is 2.00. The lowest BCUT2D eigenvalue weighted by atomic mass is 10.1. The zero-order chi connectivity index (χ0) is 16.1. The van der Waals surface area contributed by atoms with E-state index in [1.807, 2.05) is 19.1 Å². The summed E-state index contributed by atoms with van der Waals surface area (Å²) in [4.78, 5) is 4.48. The normalized spacial score (nSPS) is 10.7. The largest absolute Gasteiger partial charge is 0.478 e. The summed E-state index contributed by atoms with van der Waals surface area (Å²) in [6.45, 7) is 4.20. The molecule has 112 valence electrons. The minimum atomic E-state index is 0.120. The summed E-state index contributed by atoms with van der Waals surface area (Å²) in [5, 5.41) is 0.814. The SMILES string of the molecule is C#CCOc1c(Cl)cc(C=Nc2ccc(C)cc2C)cc1Cl. The van der Waals surface area contributed by atoms with Crippen LogP contribution < -0.4 is 4.74 Å². The van der Waals surface area contributed by atoms with Crippen molar-refractivity contribution in [1.82, 2.24) is 0 Å². The monoisotopic (exact) mass is 331 g/mol. The molecule has 0 saturated heterocycles. The Morgan fingerprint density at radius 2 is 1.86 bits per heavy atom. The van der Waals surface area contributed by atoms with Crippen LogP contribution in [0.25, 0.3) is 0 Å². The lowest BCUT2D eigenvalue weighted by molar-refractivity contribution is 0.371. The molecule has 2 aromatic rings. The van der Waals surface area contributed by atoms with Crippen LogP contribution in [0.5, 0.6) is 5.75 Å². The van der Waals surface area contributed by atoms with Gasteiger partial charge >= 0.3 is 0 Å². The van der Waals surface area contributed by atoms with E-state index >= 15 is 0 Å². The number of halogens is 2. The molecule has 0 aliphatic rings. The molecule has 0 aromatic heterocycles. The molecule has 4 heteroatoms. The minimum absolute atomic E-state index is 0.120.